The summed E-state index contributed by atoms with van der Waals surface area (Å²) < 4.78 is 37.0. The molecule has 0 aliphatic carbocycles. The van der Waals surface area contributed by atoms with Crippen molar-refractivity contribution in [2.24, 2.45) is 0 Å². The quantitative estimate of drug-likeness (QED) is 0.543. The normalized spacial score (nSPS) is 14.8. The molecule has 0 fully saturated rings. The number of hydrogen-bond acceptors (Lipinski definition) is 0. The maximum absolute atomic E-state index is 12.4. The van der Waals surface area contributed by atoms with Crippen LogP contribution in [-0.2, 0) is 0 Å². The molecule has 10 heavy (non-hydrogen) atoms. The summed E-state index contributed by atoms with van der Waals surface area (Å²) in [4.78, 5) is 0. The summed E-state index contributed by atoms with van der Waals surface area (Å²) in [6, 6.07) is 0. The Morgan fingerprint density at radius 3 is 2.40 bits per heavy atom. The van der Waals surface area contributed by atoms with Gasteiger partial charge in [-0.25, -0.2) is 13.2 Å². The number of halogens is 3. The van der Waals surface area contributed by atoms with Crippen LogP contribution in [0.5, 0.6) is 0 Å². The second-order valence-corrected chi connectivity index (χ2v) is 2.13. The molecule has 0 N–H and O–H groups in total. The highest BCUT2D eigenvalue weighted by molar-refractivity contribution is 4.83. The molecule has 0 bridgehead atoms. The minimum absolute atomic E-state index is 0.152. The van der Waals surface area contributed by atoms with Crippen molar-refractivity contribution >= 4 is 0 Å². The van der Waals surface area contributed by atoms with E-state index in [-0.39, 0.29) is 6.42 Å². The van der Waals surface area contributed by atoms with Gasteiger partial charge in [0, 0.05) is 6.42 Å². The fraction of sp³-hybridized carbons (Fsp3) is 0.714. The zero-order chi connectivity index (χ0) is 8.20. The summed E-state index contributed by atoms with van der Waals surface area (Å²) in [5, 5.41) is 0. The highest BCUT2D eigenvalue weighted by Crippen LogP contribution is 2.27. The first-order valence-corrected chi connectivity index (χ1v) is 3.17. The number of alkyl halides is 3. The van der Waals surface area contributed by atoms with Crippen LogP contribution in [0.1, 0.15) is 19.8 Å². The van der Waals surface area contributed by atoms with Crippen LogP contribution in [0.4, 0.5) is 13.2 Å². The van der Waals surface area contributed by atoms with E-state index in [4.69, 9.17) is 0 Å². The number of rotatable bonds is 4. The van der Waals surface area contributed by atoms with Gasteiger partial charge in [-0.05, 0) is 6.42 Å². The van der Waals surface area contributed by atoms with Crippen molar-refractivity contribution in [2.45, 2.75) is 31.9 Å². The summed E-state index contributed by atoms with van der Waals surface area (Å²) in [7, 11) is 0. The highest BCUT2D eigenvalue weighted by Gasteiger charge is 2.36. The molecule has 0 aliphatic rings. The van der Waals surface area contributed by atoms with Crippen molar-refractivity contribution in [3.8, 4) is 0 Å². The Hall–Kier alpha value is -0.470. The summed E-state index contributed by atoms with van der Waals surface area (Å²) in [5.41, 5.74) is 0. The van der Waals surface area contributed by atoms with Gasteiger partial charge in [0.25, 0.3) is 5.92 Å². The SMILES string of the molecule is C=CCC(F)(F)C(F)CC. The Morgan fingerprint density at radius 1 is 1.60 bits per heavy atom. The van der Waals surface area contributed by atoms with Gasteiger partial charge in [0.15, 0.2) is 6.17 Å². The summed E-state index contributed by atoms with van der Waals surface area (Å²) in [6.45, 7) is 4.51. The fourth-order valence-electron chi connectivity index (χ4n) is 0.619. The molecule has 0 aromatic carbocycles. The van der Waals surface area contributed by atoms with Gasteiger partial charge in [0.1, 0.15) is 0 Å². The summed E-state index contributed by atoms with van der Waals surface area (Å²) >= 11 is 0. The molecule has 0 radical (unpaired) electrons. The highest BCUT2D eigenvalue weighted by atomic mass is 19.3. The Bertz CT molecular complexity index is 109. The topological polar surface area (TPSA) is 0 Å². The van der Waals surface area contributed by atoms with Gasteiger partial charge in [0.2, 0.25) is 0 Å². The first kappa shape index (κ1) is 9.53. The van der Waals surface area contributed by atoms with Gasteiger partial charge in [0.05, 0.1) is 0 Å². The summed E-state index contributed by atoms with van der Waals surface area (Å²) in [5.74, 6) is -3.23. The second-order valence-electron chi connectivity index (χ2n) is 2.13. The molecule has 1 atom stereocenters. The Labute approximate surface area is 58.7 Å². The second kappa shape index (κ2) is 3.64. The van der Waals surface area contributed by atoms with Crippen molar-refractivity contribution < 1.29 is 13.2 Å². The van der Waals surface area contributed by atoms with E-state index >= 15 is 0 Å². The van der Waals surface area contributed by atoms with E-state index in [0.29, 0.717) is 0 Å². The molecule has 0 saturated heterocycles. The van der Waals surface area contributed by atoms with Gasteiger partial charge in [-0.1, -0.05) is 13.0 Å². The number of hydrogen-bond donors (Lipinski definition) is 0. The Morgan fingerprint density at radius 2 is 2.10 bits per heavy atom. The molecular weight excluding hydrogens is 141 g/mol. The van der Waals surface area contributed by atoms with Crippen LogP contribution in [0.2, 0.25) is 0 Å². The van der Waals surface area contributed by atoms with Crippen LogP contribution in [0.3, 0.4) is 0 Å². The van der Waals surface area contributed by atoms with Crippen LogP contribution in [-0.4, -0.2) is 12.1 Å². The van der Waals surface area contributed by atoms with E-state index < -0.39 is 18.5 Å². The molecule has 0 aromatic heterocycles. The maximum Gasteiger partial charge on any atom is 0.282 e. The lowest BCUT2D eigenvalue weighted by Crippen LogP contribution is -2.28. The molecule has 0 nitrogen and oxygen atoms in total. The van der Waals surface area contributed by atoms with E-state index in [2.05, 4.69) is 6.58 Å². The minimum atomic E-state index is -3.23. The van der Waals surface area contributed by atoms with Crippen LogP contribution >= 0.6 is 0 Å². The van der Waals surface area contributed by atoms with E-state index in [1.807, 2.05) is 0 Å². The van der Waals surface area contributed by atoms with Gasteiger partial charge < -0.3 is 0 Å². The van der Waals surface area contributed by atoms with Crippen LogP contribution in [0.15, 0.2) is 12.7 Å². The average molecular weight is 152 g/mol. The Balaban J connectivity index is 3.94. The molecule has 0 amide bonds. The molecule has 3 heteroatoms. The molecule has 1 unspecified atom stereocenters. The third-order valence-corrected chi connectivity index (χ3v) is 1.23. The minimum Gasteiger partial charge on any atom is -0.241 e. The van der Waals surface area contributed by atoms with Crippen molar-refractivity contribution in [1.29, 1.82) is 0 Å². The predicted molar refractivity (Wildman–Crippen MR) is 34.9 cm³/mol. The van der Waals surface area contributed by atoms with E-state index in [1.54, 1.807) is 0 Å². The number of allylic oxidation sites excluding steroid dienone is 1. The van der Waals surface area contributed by atoms with E-state index in [1.165, 1.54) is 6.92 Å². The standard InChI is InChI=1S/C7H11F3/c1-3-5-7(9,10)6(8)4-2/h3,6H,1,4-5H2,2H3. The molecule has 0 saturated carbocycles. The largest absolute Gasteiger partial charge is 0.282 e. The molecule has 0 aromatic rings. The lowest BCUT2D eigenvalue weighted by atomic mass is 10.1. The van der Waals surface area contributed by atoms with Gasteiger partial charge in [-0.2, -0.15) is 0 Å². The zero-order valence-electron chi connectivity index (χ0n) is 5.91. The lowest BCUT2D eigenvalue weighted by Gasteiger charge is -2.17. The van der Waals surface area contributed by atoms with Crippen LogP contribution in [0.25, 0.3) is 0 Å². The molecule has 0 heterocycles. The third-order valence-electron chi connectivity index (χ3n) is 1.23. The predicted octanol–water partition coefficient (Wildman–Crippen LogP) is 2.95. The van der Waals surface area contributed by atoms with Gasteiger partial charge in [-0.15, -0.1) is 6.58 Å². The average Bonchev–Trinajstić information content (AvgIpc) is 1.86. The zero-order valence-corrected chi connectivity index (χ0v) is 5.91. The van der Waals surface area contributed by atoms with Crippen molar-refractivity contribution in [1.82, 2.24) is 0 Å². The third kappa shape index (κ3) is 2.42. The van der Waals surface area contributed by atoms with Gasteiger partial charge >= 0.3 is 0 Å². The van der Waals surface area contributed by atoms with Crippen LogP contribution < -0.4 is 0 Å². The van der Waals surface area contributed by atoms with E-state index in [9.17, 15) is 13.2 Å². The fourth-order valence-corrected chi connectivity index (χ4v) is 0.619. The molecular formula is C7H11F3. The lowest BCUT2D eigenvalue weighted by molar-refractivity contribution is -0.0699. The van der Waals surface area contributed by atoms with Crippen molar-refractivity contribution in [3.63, 3.8) is 0 Å². The first-order chi connectivity index (χ1) is 4.54. The summed E-state index contributed by atoms with van der Waals surface area (Å²) in [6.07, 6.45) is -1.74. The van der Waals surface area contributed by atoms with Crippen molar-refractivity contribution in [2.75, 3.05) is 0 Å². The monoisotopic (exact) mass is 152 g/mol. The van der Waals surface area contributed by atoms with Gasteiger partial charge in [-0.3, -0.25) is 0 Å². The smallest absolute Gasteiger partial charge is 0.241 e. The molecule has 0 spiro atoms. The first-order valence-electron chi connectivity index (χ1n) is 3.17. The van der Waals surface area contributed by atoms with E-state index in [0.717, 1.165) is 6.08 Å². The van der Waals surface area contributed by atoms with Crippen molar-refractivity contribution in [3.05, 3.63) is 12.7 Å². The molecule has 0 rings (SSSR count). The molecule has 60 valence electrons. The molecule has 0 aliphatic heterocycles. The Kier molecular flexibility index (Phi) is 3.47. The maximum atomic E-state index is 12.4. The van der Waals surface area contributed by atoms with Crippen LogP contribution in [0, 0.1) is 0 Å².